The lowest BCUT2D eigenvalue weighted by atomic mass is 10.2. The Balaban J connectivity index is 0.00000320. The summed E-state index contributed by atoms with van der Waals surface area (Å²) in [5.41, 5.74) is 0.378. The lowest BCUT2D eigenvalue weighted by Gasteiger charge is -2.14. The molecular formula is C21H24FIN4O2S. The van der Waals surface area contributed by atoms with Gasteiger partial charge < -0.3 is 21.1 Å². The van der Waals surface area contributed by atoms with Crippen molar-refractivity contribution < 1.29 is 14.3 Å². The van der Waals surface area contributed by atoms with E-state index in [0.29, 0.717) is 18.2 Å². The molecule has 0 radical (unpaired) electrons. The molecule has 0 aliphatic heterocycles. The second-order valence-corrected chi connectivity index (χ2v) is 7.45. The number of thiophene rings is 1. The summed E-state index contributed by atoms with van der Waals surface area (Å²) in [6, 6.07) is 15.6. The van der Waals surface area contributed by atoms with E-state index in [1.54, 1.807) is 17.4 Å². The van der Waals surface area contributed by atoms with E-state index in [4.69, 9.17) is 0 Å². The second kappa shape index (κ2) is 11.8. The zero-order chi connectivity index (χ0) is 20.6. The van der Waals surface area contributed by atoms with E-state index in [0.717, 1.165) is 15.0 Å². The van der Waals surface area contributed by atoms with Crippen molar-refractivity contribution in [2.75, 3.05) is 25.0 Å². The Morgan fingerprint density at radius 3 is 2.70 bits per heavy atom. The number of carbonyl (C=O) groups is 1. The first-order chi connectivity index (χ1) is 14.0. The molecule has 0 saturated heterocycles. The van der Waals surface area contributed by atoms with Crippen LogP contribution in [0.3, 0.4) is 0 Å². The summed E-state index contributed by atoms with van der Waals surface area (Å²) in [6.07, 6.45) is -0.697. The molecule has 0 saturated carbocycles. The van der Waals surface area contributed by atoms with Gasteiger partial charge in [0.2, 0.25) is 5.91 Å². The molecule has 0 bridgehead atoms. The van der Waals surface area contributed by atoms with Crippen LogP contribution in [0, 0.1) is 5.82 Å². The van der Waals surface area contributed by atoms with Crippen molar-refractivity contribution in [1.29, 1.82) is 0 Å². The highest BCUT2D eigenvalue weighted by atomic mass is 127. The number of amides is 1. The molecule has 3 aromatic rings. The number of aliphatic hydroxyl groups excluding tert-OH is 1. The van der Waals surface area contributed by atoms with Gasteiger partial charge in [-0.2, -0.15) is 0 Å². The predicted octanol–water partition coefficient (Wildman–Crippen LogP) is 3.89. The Morgan fingerprint density at radius 1 is 1.17 bits per heavy atom. The van der Waals surface area contributed by atoms with Crippen LogP contribution in [-0.4, -0.2) is 36.6 Å². The van der Waals surface area contributed by atoms with Gasteiger partial charge in [0.25, 0.3) is 0 Å². The van der Waals surface area contributed by atoms with E-state index in [9.17, 15) is 14.3 Å². The molecule has 1 atom stereocenters. The number of benzene rings is 2. The Hall–Kier alpha value is -2.24. The SMILES string of the molecule is CCNC(=NCC(=O)Nc1cccc(F)c1)NCC(O)c1cc2ccccc2s1.I. The minimum Gasteiger partial charge on any atom is -0.386 e. The zero-order valence-electron chi connectivity index (χ0n) is 16.4. The number of carbonyl (C=O) groups excluding carboxylic acids is 1. The topological polar surface area (TPSA) is 85.8 Å². The Bertz CT molecular complexity index is 978. The van der Waals surface area contributed by atoms with Gasteiger partial charge in [0.15, 0.2) is 5.96 Å². The molecule has 3 rings (SSSR count). The van der Waals surface area contributed by atoms with Gasteiger partial charge in [0.05, 0.1) is 0 Å². The quantitative estimate of drug-likeness (QED) is 0.208. The maximum Gasteiger partial charge on any atom is 0.246 e. The molecule has 0 aliphatic rings. The normalized spacial score (nSPS) is 12.2. The van der Waals surface area contributed by atoms with Crippen LogP contribution in [0.5, 0.6) is 0 Å². The summed E-state index contributed by atoms with van der Waals surface area (Å²) in [6.45, 7) is 2.64. The first-order valence-electron chi connectivity index (χ1n) is 9.29. The van der Waals surface area contributed by atoms with Crippen LogP contribution in [0.15, 0.2) is 59.6 Å². The van der Waals surface area contributed by atoms with Crippen LogP contribution in [0.1, 0.15) is 17.9 Å². The van der Waals surface area contributed by atoms with Crippen molar-refractivity contribution >= 4 is 63.0 Å². The van der Waals surface area contributed by atoms with E-state index in [-0.39, 0.29) is 43.0 Å². The molecule has 1 aromatic heterocycles. The number of halogens is 2. The summed E-state index contributed by atoms with van der Waals surface area (Å²) < 4.78 is 14.3. The Kier molecular flexibility index (Phi) is 9.47. The number of fused-ring (bicyclic) bond motifs is 1. The van der Waals surface area contributed by atoms with E-state index >= 15 is 0 Å². The number of rotatable bonds is 7. The lowest BCUT2D eigenvalue weighted by molar-refractivity contribution is -0.114. The fraction of sp³-hybridized carbons (Fsp3) is 0.238. The molecule has 1 amide bonds. The fourth-order valence-corrected chi connectivity index (χ4v) is 3.77. The maximum absolute atomic E-state index is 13.2. The molecule has 160 valence electrons. The van der Waals surface area contributed by atoms with Crippen molar-refractivity contribution in [3.63, 3.8) is 0 Å². The molecule has 0 aliphatic carbocycles. The number of nitrogens with one attached hydrogen (secondary N) is 3. The van der Waals surface area contributed by atoms with Gasteiger partial charge in [-0.25, -0.2) is 9.38 Å². The van der Waals surface area contributed by atoms with Crippen LogP contribution >= 0.6 is 35.3 Å². The third-order valence-corrected chi connectivity index (χ3v) is 5.29. The van der Waals surface area contributed by atoms with Gasteiger partial charge in [-0.05, 0) is 42.6 Å². The fourth-order valence-electron chi connectivity index (χ4n) is 2.72. The number of anilines is 1. The molecule has 4 N–H and O–H groups in total. The molecule has 0 fully saturated rings. The van der Waals surface area contributed by atoms with Crippen molar-refractivity contribution in [2.45, 2.75) is 13.0 Å². The van der Waals surface area contributed by atoms with Gasteiger partial charge in [-0.1, -0.05) is 24.3 Å². The zero-order valence-corrected chi connectivity index (χ0v) is 19.5. The van der Waals surface area contributed by atoms with Gasteiger partial charge in [0.1, 0.15) is 18.5 Å². The average molecular weight is 542 g/mol. The molecule has 1 unspecified atom stereocenters. The van der Waals surface area contributed by atoms with Crippen LogP contribution in [-0.2, 0) is 4.79 Å². The number of guanidine groups is 1. The van der Waals surface area contributed by atoms with Crippen molar-refractivity contribution in [1.82, 2.24) is 10.6 Å². The standard InChI is InChI=1S/C21H23FN4O2S.HI/c1-2-23-21(25-13-20(28)26-16-8-5-7-15(22)11-16)24-12-17(27)19-10-14-6-3-4-9-18(14)29-19;/h3-11,17,27H,2,12-13H2,1H3,(H,26,28)(H2,23,24,25);1H. The second-order valence-electron chi connectivity index (χ2n) is 6.34. The number of aliphatic hydroxyl groups is 1. The van der Waals surface area contributed by atoms with Crippen molar-refractivity contribution in [3.05, 3.63) is 65.3 Å². The minimum atomic E-state index is -0.697. The largest absolute Gasteiger partial charge is 0.386 e. The molecular weight excluding hydrogens is 518 g/mol. The van der Waals surface area contributed by atoms with Crippen LogP contribution in [0.25, 0.3) is 10.1 Å². The van der Waals surface area contributed by atoms with Gasteiger partial charge in [-0.15, -0.1) is 35.3 Å². The van der Waals surface area contributed by atoms with E-state index in [2.05, 4.69) is 20.9 Å². The minimum absolute atomic E-state index is 0. The number of nitrogens with zero attached hydrogens (tertiary/aromatic N) is 1. The van der Waals surface area contributed by atoms with Gasteiger partial charge in [0, 0.05) is 28.4 Å². The summed E-state index contributed by atoms with van der Waals surface area (Å²) >= 11 is 1.55. The van der Waals surface area contributed by atoms with E-state index in [1.807, 2.05) is 37.3 Å². The van der Waals surface area contributed by atoms with E-state index < -0.39 is 11.9 Å². The molecule has 2 aromatic carbocycles. The number of aliphatic imine (C=N–C) groups is 1. The first-order valence-corrected chi connectivity index (χ1v) is 10.1. The summed E-state index contributed by atoms with van der Waals surface area (Å²) in [7, 11) is 0. The number of hydrogen-bond donors (Lipinski definition) is 4. The summed E-state index contributed by atoms with van der Waals surface area (Å²) in [4.78, 5) is 17.1. The van der Waals surface area contributed by atoms with E-state index in [1.165, 1.54) is 18.2 Å². The third-order valence-electron chi connectivity index (χ3n) is 4.07. The van der Waals surface area contributed by atoms with Crippen molar-refractivity contribution in [3.8, 4) is 0 Å². The Morgan fingerprint density at radius 2 is 1.97 bits per heavy atom. The summed E-state index contributed by atoms with van der Waals surface area (Å²) in [5.74, 6) is -0.364. The highest BCUT2D eigenvalue weighted by molar-refractivity contribution is 14.0. The molecule has 6 nitrogen and oxygen atoms in total. The molecule has 1 heterocycles. The lowest BCUT2D eigenvalue weighted by Crippen LogP contribution is -2.40. The smallest absolute Gasteiger partial charge is 0.246 e. The van der Waals surface area contributed by atoms with Gasteiger partial charge >= 0.3 is 0 Å². The summed E-state index contributed by atoms with van der Waals surface area (Å²) in [5, 5.41) is 20.3. The Labute approximate surface area is 195 Å². The van der Waals surface area contributed by atoms with Crippen LogP contribution < -0.4 is 16.0 Å². The first kappa shape index (κ1) is 24.0. The molecule has 30 heavy (non-hydrogen) atoms. The predicted molar refractivity (Wildman–Crippen MR) is 131 cm³/mol. The van der Waals surface area contributed by atoms with Gasteiger partial charge in [-0.3, -0.25) is 4.79 Å². The molecule has 9 heteroatoms. The van der Waals surface area contributed by atoms with Crippen molar-refractivity contribution in [2.24, 2.45) is 4.99 Å². The highest BCUT2D eigenvalue weighted by Crippen LogP contribution is 2.29. The number of hydrogen-bond acceptors (Lipinski definition) is 4. The monoisotopic (exact) mass is 542 g/mol. The third kappa shape index (κ3) is 6.92. The van der Waals surface area contributed by atoms with Crippen LogP contribution in [0.4, 0.5) is 10.1 Å². The highest BCUT2D eigenvalue weighted by Gasteiger charge is 2.12. The molecule has 0 spiro atoms. The van der Waals surface area contributed by atoms with Crippen LogP contribution in [0.2, 0.25) is 0 Å². The average Bonchev–Trinajstić information content (AvgIpc) is 3.14. The maximum atomic E-state index is 13.2.